The summed E-state index contributed by atoms with van der Waals surface area (Å²) in [7, 11) is 1.61. The minimum atomic E-state index is -0.242. The molecule has 0 fully saturated rings. The maximum absolute atomic E-state index is 11.2. The zero-order valence-corrected chi connectivity index (χ0v) is 9.04. The van der Waals surface area contributed by atoms with Gasteiger partial charge in [0.1, 0.15) is 0 Å². The van der Waals surface area contributed by atoms with E-state index in [4.69, 9.17) is 23.2 Å². The molecule has 0 aliphatic rings. The lowest BCUT2D eigenvalue weighted by Crippen LogP contribution is -2.34. The number of alkyl halides is 1. The Morgan fingerprint density at radius 2 is 2.15 bits per heavy atom. The summed E-state index contributed by atoms with van der Waals surface area (Å²) in [6.07, 6.45) is 3.18. The standard InChI is InChI=1S/C8H12Cl2N2O/c1-3-6(4-7(10)5-9)8(13)12-11-2/h3-4,11H,5H2,1-2H3,(H,12,13)/b6-3+,7-4+. The van der Waals surface area contributed by atoms with Crippen LogP contribution in [0, 0.1) is 0 Å². The highest BCUT2D eigenvalue weighted by molar-refractivity contribution is 6.36. The van der Waals surface area contributed by atoms with E-state index in [9.17, 15) is 4.79 Å². The zero-order chi connectivity index (χ0) is 10.3. The molecule has 0 radical (unpaired) electrons. The predicted octanol–water partition coefficient (Wildman–Crippen LogP) is 1.54. The molecule has 0 rings (SSSR count). The fourth-order valence-corrected chi connectivity index (χ4v) is 0.868. The molecule has 0 atom stereocenters. The first kappa shape index (κ1) is 12.5. The van der Waals surface area contributed by atoms with E-state index in [0.29, 0.717) is 10.6 Å². The van der Waals surface area contributed by atoms with Crippen LogP contribution in [0.4, 0.5) is 0 Å². The van der Waals surface area contributed by atoms with Crippen molar-refractivity contribution in [2.24, 2.45) is 0 Å². The van der Waals surface area contributed by atoms with Gasteiger partial charge in [-0.3, -0.25) is 10.2 Å². The van der Waals surface area contributed by atoms with E-state index in [1.165, 1.54) is 6.08 Å². The molecule has 0 saturated heterocycles. The van der Waals surface area contributed by atoms with Crippen LogP contribution in [0.2, 0.25) is 0 Å². The number of carbonyl (C=O) groups is 1. The molecule has 0 aliphatic carbocycles. The quantitative estimate of drug-likeness (QED) is 0.328. The number of nitrogens with one attached hydrogen (secondary N) is 2. The summed E-state index contributed by atoms with van der Waals surface area (Å²) in [4.78, 5) is 11.2. The maximum Gasteiger partial charge on any atom is 0.265 e. The van der Waals surface area contributed by atoms with Gasteiger partial charge in [0.25, 0.3) is 5.91 Å². The van der Waals surface area contributed by atoms with Crippen LogP contribution in [-0.4, -0.2) is 18.8 Å². The fourth-order valence-electron chi connectivity index (χ4n) is 0.673. The molecule has 0 aliphatic heterocycles. The Kier molecular flexibility index (Phi) is 6.68. The summed E-state index contributed by atoms with van der Waals surface area (Å²) in [6.45, 7) is 1.75. The van der Waals surface area contributed by atoms with Crippen molar-refractivity contribution in [1.29, 1.82) is 0 Å². The first-order chi connectivity index (χ1) is 6.15. The summed E-state index contributed by atoms with van der Waals surface area (Å²) >= 11 is 11.1. The number of rotatable bonds is 4. The van der Waals surface area contributed by atoms with Gasteiger partial charge in [-0.2, -0.15) is 0 Å². The van der Waals surface area contributed by atoms with E-state index >= 15 is 0 Å². The molecule has 2 N–H and O–H groups in total. The number of carbonyl (C=O) groups excluding carboxylic acids is 1. The summed E-state index contributed by atoms with van der Waals surface area (Å²) in [5, 5.41) is 0.431. The van der Waals surface area contributed by atoms with Crippen molar-refractivity contribution in [3.63, 3.8) is 0 Å². The van der Waals surface area contributed by atoms with Crippen LogP contribution in [0.1, 0.15) is 6.92 Å². The van der Waals surface area contributed by atoms with Crippen molar-refractivity contribution >= 4 is 29.1 Å². The molecule has 0 unspecified atom stereocenters. The van der Waals surface area contributed by atoms with Gasteiger partial charge >= 0.3 is 0 Å². The Morgan fingerprint density at radius 3 is 2.54 bits per heavy atom. The number of amides is 1. The van der Waals surface area contributed by atoms with Gasteiger partial charge in [0.15, 0.2) is 0 Å². The summed E-state index contributed by atoms with van der Waals surface area (Å²) in [6, 6.07) is 0. The van der Waals surface area contributed by atoms with E-state index in [0.717, 1.165) is 0 Å². The van der Waals surface area contributed by atoms with Gasteiger partial charge in [-0.05, 0) is 13.0 Å². The SMILES string of the molecule is C/C=C(\C=C(\Cl)CCl)C(=O)NNC. The molecule has 1 amide bonds. The van der Waals surface area contributed by atoms with Crippen LogP contribution in [-0.2, 0) is 4.79 Å². The van der Waals surface area contributed by atoms with Crippen molar-refractivity contribution < 1.29 is 4.79 Å². The molecule has 0 aromatic rings. The van der Waals surface area contributed by atoms with Crippen LogP contribution in [0.3, 0.4) is 0 Å². The molecule has 3 nitrogen and oxygen atoms in total. The van der Waals surface area contributed by atoms with E-state index < -0.39 is 0 Å². The number of halogens is 2. The van der Waals surface area contributed by atoms with E-state index in [-0.39, 0.29) is 11.8 Å². The van der Waals surface area contributed by atoms with Crippen molar-refractivity contribution in [3.05, 3.63) is 22.8 Å². The number of allylic oxidation sites excluding steroid dienone is 2. The van der Waals surface area contributed by atoms with Crippen molar-refractivity contribution in [1.82, 2.24) is 10.9 Å². The highest BCUT2D eigenvalue weighted by Crippen LogP contribution is 2.08. The lowest BCUT2D eigenvalue weighted by molar-refractivity contribution is -0.118. The molecule has 0 heterocycles. The third-order valence-corrected chi connectivity index (χ3v) is 1.92. The van der Waals surface area contributed by atoms with Gasteiger partial charge in [0.05, 0.1) is 5.88 Å². The highest BCUT2D eigenvalue weighted by Gasteiger charge is 2.04. The van der Waals surface area contributed by atoms with Crippen molar-refractivity contribution in [2.45, 2.75) is 6.92 Å². The van der Waals surface area contributed by atoms with Crippen LogP contribution in [0.5, 0.6) is 0 Å². The third-order valence-electron chi connectivity index (χ3n) is 1.25. The molecular weight excluding hydrogens is 211 g/mol. The second-order valence-corrected chi connectivity index (χ2v) is 2.93. The molecule has 74 valence electrons. The van der Waals surface area contributed by atoms with Crippen molar-refractivity contribution in [3.8, 4) is 0 Å². The molecule has 13 heavy (non-hydrogen) atoms. The Balaban J connectivity index is 4.45. The van der Waals surface area contributed by atoms with Gasteiger partial charge in [0, 0.05) is 17.7 Å². The van der Waals surface area contributed by atoms with Gasteiger partial charge in [0.2, 0.25) is 0 Å². The lowest BCUT2D eigenvalue weighted by atomic mass is 10.2. The highest BCUT2D eigenvalue weighted by atomic mass is 35.5. The minimum absolute atomic E-state index is 0.200. The number of hydrogen-bond donors (Lipinski definition) is 2. The number of hydrazine groups is 1. The first-order valence-electron chi connectivity index (χ1n) is 3.71. The average Bonchev–Trinajstić information content (AvgIpc) is 2.14. The second kappa shape index (κ2) is 6.95. The Labute approximate surface area is 87.8 Å². The van der Waals surface area contributed by atoms with E-state index in [1.807, 2.05) is 0 Å². The topological polar surface area (TPSA) is 41.1 Å². The molecule has 0 spiro atoms. The molecule has 0 aromatic carbocycles. The third kappa shape index (κ3) is 4.93. The smallest absolute Gasteiger partial charge is 0.265 e. The summed E-state index contributed by atoms with van der Waals surface area (Å²) in [5.74, 6) is -0.0422. The lowest BCUT2D eigenvalue weighted by Gasteiger charge is -2.03. The summed E-state index contributed by atoms with van der Waals surface area (Å²) < 4.78 is 0. The zero-order valence-electron chi connectivity index (χ0n) is 7.53. The normalized spacial score (nSPS) is 12.9. The average molecular weight is 223 g/mol. The molecule has 0 saturated carbocycles. The first-order valence-corrected chi connectivity index (χ1v) is 4.62. The van der Waals surface area contributed by atoms with Crippen LogP contribution in [0.15, 0.2) is 22.8 Å². The Hall–Kier alpha value is -0.510. The van der Waals surface area contributed by atoms with Crippen LogP contribution < -0.4 is 10.9 Å². The fraction of sp³-hybridized carbons (Fsp3) is 0.375. The molecule has 0 aromatic heterocycles. The monoisotopic (exact) mass is 222 g/mol. The van der Waals surface area contributed by atoms with Gasteiger partial charge in [-0.25, -0.2) is 5.43 Å². The van der Waals surface area contributed by atoms with Crippen LogP contribution >= 0.6 is 23.2 Å². The van der Waals surface area contributed by atoms with E-state index in [2.05, 4.69) is 10.9 Å². The largest absolute Gasteiger partial charge is 0.288 e. The minimum Gasteiger partial charge on any atom is -0.288 e. The van der Waals surface area contributed by atoms with Gasteiger partial charge < -0.3 is 0 Å². The van der Waals surface area contributed by atoms with Gasteiger partial charge in [-0.15, -0.1) is 11.6 Å². The maximum atomic E-state index is 11.2. The van der Waals surface area contributed by atoms with Crippen LogP contribution in [0.25, 0.3) is 0 Å². The van der Waals surface area contributed by atoms with E-state index in [1.54, 1.807) is 20.0 Å². The van der Waals surface area contributed by atoms with Crippen molar-refractivity contribution in [2.75, 3.05) is 12.9 Å². The molecule has 0 bridgehead atoms. The molecule has 5 heteroatoms. The van der Waals surface area contributed by atoms with Gasteiger partial charge in [-0.1, -0.05) is 17.7 Å². The Bertz CT molecular complexity index is 236. The second-order valence-electron chi connectivity index (χ2n) is 2.17. The number of hydrogen-bond acceptors (Lipinski definition) is 2. The summed E-state index contributed by atoms with van der Waals surface area (Å²) in [5.41, 5.74) is 5.42. The predicted molar refractivity (Wildman–Crippen MR) is 55.6 cm³/mol. The Morgan fingerprint density at radius 1 is 1.54 bits per heavy atom. The molecular formula is C8H12Cl2N2O.